The molecule has 1 amide bonds. The zero-order valence-electron chi connectivity index (χ0n) is 16.3. The van der Waals surface area contributed by atoms with Gasteiger partial charge in [0, 0.05) is 6.54 Å². The van der Waals surface area contributed by atoms with Gasteiger partial charge < -0.3 is 14.8 Å². The molecule has 1 atom stereocenters. The molecule has 0 aliphatic carbocycles. The summed E-state index contributed by atoms with van der Waals surface area (Å²) in [6.45, 7) is 10.4. The third-order valence-corrected chi connectivity index (χ3v) is 4.01. The smallest absolute Gasteiger partial charge is 0.261 e. The largest absolute Gasteiger partial charge is 0.491 e. The molecular weight excluding hydrogens is 326 g/mol. The molecule has 0 spiro atoms. The second-order valence-corrected chi connectivity index (χ2v) is 6.82. The van der Waals surface area contributed by atoms with Crippen LogP contribution in [0.5, 0.6) is 11.5 Å². The third kappa shape index (κ3) is 5.80. The second kappa shape index (κ2) is 9.27. The van der Waals surface area contributed by atoms with Crippen molar-refractivity contribution in [1.29, 1.82) is 0 Å². The Hall–Kier alpha value is -2.49. The number of aryl methyl sites for hydroxylation is 2. The topological polar surface area (TPSA) is 47.6 Å². The summed E-state index contributed by atoms with van der Waals surface area (Å²) in [5.74, 6) is 1.47. The van der Waals surface area contributed by atoms with E-state index < -0.39 is 6.10 Å². The van der Waals surface area contributed by atoms with Crippen molar-refractivity contribution in [3.63, 3.8) is 0 Å². The first-order valence-corrected chi connectivity index (χ1v) is 9.16. The van der Waals surface area contributed by atoms with Crippen molar-refractivity contribution in [3.05, 3.63) is 59.2 Å². The van der Waals surface area contributed by atoms with Crippen molar-refractivity contribution < 1.29 is 14.3 Å². The van der Waals surface area contributed by atoms with Crippen LogP contribution in [0.3, 0.4) is 0 Å². The predicted octanol–water partition coefficient (Wildman–Crippen LogP) is 4.56. The summed E-state index contributed by atoms with van der Waals surface area (Å²) in [5.41, 5.74) is 3.14. The number of amides is 1. The highest BCUT2D eigenvalue weighted by atomic mass is 16.5. The van der Waals surface area contributed by atoms with Gasteiger partial charge in [0.1, 0.15) is 11.5 Å². The molecule has 140 valence electrons. The average molecular weight is 355 g/mol. The molecule has 4 nitrogen and oxygen atoms in total. The highest BCUT2D eigenvalue weighted by Gasteiger charge is 2.19. The maximum atomic E-state index is 12.5. The fraction of sp³-hybridized carbons (Fsp3) is 0.409. The lowest BCUT2D eigenvalue weighted by Crippen LogP contribution is -2.37. The molecule has 0 aliphatic rings. The number of rotatable bonds is 8. The number of benzene rings is 2. The Bertz CT molecular complexity index is 740. The number of carbonyl (C=O) groups excluding carboxylic acids is 1. The van der Waals surface area contributed by atoms with E-state index in [1.807, 2.05) is 77.1 Å². The van der Waals surface area contributed by atoms with Crippen molar-refractivity contribution in [3.8, 4) is 11.5 Å². The van der Waals surface area contributed by atoms with Crippen LogP contribution in [0.25, 0.3) is 0 Å². The van der Waals surface area contributed by atoms with Crippen LogP contribution in [-0.4, -0.2) is 18.1 Å². The van der Waals surface area contributed by atoms with E-state index in [1.165, 1.54) is 0 Å². The predicted molar refractivity (Wildman–Crippen MR) is 105 cm³/mol. The normalized spacial score (nSPS) is 11.9. The van der Waals surface area contributed by atoms with Gasteiger partial charge in [-0.15, -0.1) is 0 Å². The molecule has 26 heavy (non-hydrogen) atoms. The van der Waals surface area contributed by atoms with Gasteiger partial charge in [-0.1, -0.05) is 31.2 Å². The Balaban J connectivity index is 1.98. The number of nitrogens with one attached hydrogen (secondary N) is 1. The maximum Gasteiger partial charge on any atom is 0.261 e. The van der Waals surface area contributed by atoms with E-state index in [1.54, 1.807) is 0 Å². The standard InChI is InChI=1S/C22H29NO3/c1-6-20(26-21-12-16(4)10-11-17(21)5)22(24)23-14-18-8-7-9-19(13-18)25-15(2)3/h7-13,15,20H,6,14H2,1-5H3,(H,23,24). The summed E-state index contributed by atoms with van der Waals surface area (Å²) in [4.78, 5) is 12.5. The Morgan fingerprint density at radius 1 is 1.08 bits per heavy atom. The first-order valence-electron chi connectivity index (χ1n) is 9.16. The summed E-state index contributed by atoms with van der Waals surface area (Å²) in [5, 5.41) is 2.97. The lowest BCUT2D eigenvalue weighted by atomic mass is 10.1. The summed E-state index contributed by atoms with van der Waals surface area (Å²) < 4.78 is 11.7. The van der Waals surface area contributed by atoms with Gasteiger partial charge in [-0.25, -0.2) is 0 Å². The summed E-state index contributed by atoms with van der Waals surface area (Å²) >= 11 is 0. The summed E-state index contributed by atoms with van der Waals surface area (Å²) in [6, 6.07) is 13.8. The molecule has 0 saturated carbocycles. The molecule has 4 heteroatoms. The van der Waals surface area contributed by atoms with Crippen molar-refractivity contribution in [1.82, 2.24) is 5.32 Å². The van der Waals surface area contributed by atoms with Crippen LogP contribution in [0.4, 0.5) is 0 Å². The fourth-order valence-electron chi connectivity index (χ4n) is 2.61. The quantitative estimate of drug-likeness (QED) is 0.755. The van der Waals surface area contributed by atoms with E-state index in [0.717, 1.165) is 28.2 Å². The number of carbonyl (C=O) groups is 1. The number of hydrogen-bond donors (Lipinski definition) is 1. The molecular formula is C22H29NO3. The molecule has 2 aromatic carbocycles. The monoisotopic (exact) mass is 355 g/mol. The van der Waals surface area contributed by atoms with Gasteiger partial charge in [-0.2, -0.15) is 0 Å². The summed E-state index contributed by atoms with van der Waals surface area (Å²) in [6.07, 6.45) is 0.219. The second-order valence-electron chi connectivity index (χ2n) is 6.82. The maximum absolute atomic E-state index is 12.5. The van der Waals surface area contributed by atoms with Crippen LogP contribution in [0.15, 0.2) is 42.5 Å². The number of ether oxygens (including phenoxy) is 2. The van der Waals surface area contributed by atoms with E-state index in [4.69, 9.17) is 9.47 Å². The van der Waals surface area contributed by atoms with E-state index >= 15 is 0 Å². The molecule has 0 fully saturated rings. The lowest BCUT2D eigenvalue weighted by molar-refractivity contribution is -0.128. The molecule has 1 N–H and O–H groups in total. The SMILES string of the molecule is CCC(Oc1cc(C)ccc1C)C(=O)NCc1cccc(OC(C)C)c1. The lowest BCUT2D eigenvalue weighted by Gasteiger charge is -2.19. The van der Waals surface area contributed by atoms with Crippen molar-refractivity contribution in [2.24, 2.45) is 0 Å². The van der Waals surface area contributed by atoms with Crippen LogP contribution in [0, 0.1) is 13.8 Å². The molecule has 0 bridgehead atoms. The average Bonchev–Trinajstić information content (AvgIpc) is 2.60. The van der Waals surface area contributed by atoms with Gasteiger partial charge in [0.05, 0.1) is 6.10 Å². The van der Waals surface area contributed by atoms with Crippen molar-refractivity contribution in [2.45, 2.75) is 59.8 Å². The van der Waals surface area contributed by atoms with Crippen LogP contribution >= 0.6 is 0 Å². The first-order chi connectivity index (χ1) is 12.4. The molecule has 0 aliphatic heterocycles. The van der Waals surface area contributed by atoms with Crippen LogP contribution in [-0.2, 0) is 11.3 Å². The number of hydrogen-bond acceptors (Lipinski definition) is 3. The van der Waals surface area contributed by atoms with E-state index in [9.17, 15) is 4.79 Å². The van der Waals surface area contributed by atoms with Gasteiger partial charge in [-0.05, 0) is 69.0 Å². The van der Waals surface area contributed by atoms with Gasteiger partial charge in [0.15, 0.2) is 6.10 Å². The highest BCUT2D eigenvalue weighted by molar-refractivity contribution is 5.81. The zero-order chi connectivity index (χ0) is 19.1. The minimum atomic E-state index is -0.509. The molecule has 0 heterocycles. The van der Waals surface area contributed by atoms with Crippen LogP contribution < -0.4 is 14.8 Å². The van der Waals surface area contributed by atoms with Crippen molar-refractivity contribution >= 4 is 5.91 Å². The molecule has 1 unspecified atom stereocenters. The minimum Gasteiger partial charge on any atom is -0.491 e. The van der Waals surface area contributed by atoms with Gasteiger partial charge in [0.2, 0.25) is 0 Å². The molecule has 2 aromatic rings. The van der Waals surface area contributed by atoms with Gasteiger partial charge in [-0.3, -0.25) is 4.79 Å². The van der Waals surface area contributed by atoms with Gasteiger partial charge >= 0.3 is 0 Å². The Morgan fingerprint density at radius 2 is 1.85 bits per heavy atom. The molecule has 2 rings (SSSR count). The molecule has 0 radical (unpaired) electrons. The van der Waals surface area contributed by atoms with Crippen LogP contribution in [0.2, 0.25) is 0 Å². The first kappa shape index (κ1) is 19.8. The van der Waals surface area contributed by atoms with Crippen molar-refractivity contribution in [2.75, 3.05) is 0 Å². The molecule has 0 aromatic heterocycles. The Morgan fingerprint density at radius 3 is 2.54 bits per heavy atom. The molecule has 0 saturated heterocycles. The minimum absolute atomic E-state index is 0.108. The Labute approximate surface area is 156 Å². The highest BCUT2D eigenvalue weighted by Crippen LogP contribution is 2.21. The van der Waals surface area contributed by atoms with E-state index in [2.05, 4.69) is 5.32 Å². The van der Waals surface area contributed by atoms with E-state index in [-0.39, 0.29) is 12.0 Å². The fourth-order valence-corrected chi connectivity index (χ4v) is 2.61. The van der Waals surface area contributed by atoms with E-state index in [0.29, 0.717) is 13.0 Å². The van der Waals surface area contributed by atoms with Gasteiger partial charge in [0.25, 0.3) is 5.91 Å². The third-order valence-electron chi connectivity index (χ3n) is 4.01. The van der Waals surface area contributed by atoms with Crippen LogP contribution in [0.1, 0.15) is 43.9 Å². The summed E-state index contributed by atoms with van der Waals surface area (Å²) in [7, 11) is 0. The zero-order valence-corrected chi connectivity index (χ0v) is 16.3. The Kier molecular flexibility index (Phi) is 7.07.